The average molecular weight is 368 g/mol. The van der Waals surface area contributed by atoms with Crippen molar-refractivity contribution in [2.24, 2.45) is 0 Å². The number of aromatic nitrogens is 1. The summed E-state index contributed by atoms with van der Waals surface area (Å²) in [5, 5.41) is 14.0. The summed E-state index contributed by atoms with van der Waals surface area (Å²) in [7, 11) is 0. The molecule has 0 spiro atoms. The lowest BCUT2D eigenvalue weighted by atomic mass is 9.99. The molecule has 138 valence electrons. The van der Waals surface area contributed by atoms with Crippen molar-refractivity contribution in [1.29, 1.82) is 0 Å². The van der Waals surface area contributed by atoms with Gasteiger partial charge in [0.1, 0.15) is 0 Å². The van der Waals surface area contributed by atoms with Crippen LogP contribution in [0.15, 0.2) is 78.9 Å². The molecule has 1 heterocycles. The van der Waals surface area contributed by atoms with Gasteiger partial charge in [-0.25, -0.2) is 4.79 Å². The molecule has 4 rings (SSSR count). The van der Waals surface area contributed by atoms with Crippen molar-refractivity contribution in [3.63, 3.8) is 0 Å². The van der Waals surface area contributed by atoms with Crippen LogP contribution in [0.4, 0.5) is 5.69 Å². The highest BCUT2D eigenvalue weighted by Gasteiger charge is 2.10. The molecule has 1 aromatic heterocycles. The second kappa shape index (κ2) is 7.53. The van der Waals surface area contributed by atoms with Gasteiger partial charge in [0.2, 0.25) is 0 Å². The van der Waals surface area contributed by atoms with Gasteiger partial charge in [-0.3, -0.25) is 4.98 Å². The summed E-state index contributed by atoms with van der Waals surface area (Å²) in [6, 6.07) is 25.2. The second-order valence-corrected chi connectivity index (χ2v) is 6.73. The van der Waals surface area contributed by atoms with Gasteiger partial charge in [0, 0.05) is 23.3 Å². The minimum atomic E-state index is -0.915. The van der Waals surface area contributed by atoms with Crippen LogP contribution in [0.3, 0.4) is 0 Å². The van der Waals surface area contributed by atoms with Crippen LogP contribution in [0, 0.1) is 6.92 Å². The zero-order chi connectivity index (χ0) is 19.5. The van der Waals surface area contributed by atoms with Crippen molar-refractivity contribution in [3.05, 3.63) is 95.7 Å². The Morgan fingerprint density at radius 1 is 0.964 bits per heavy atom. The van der Waals surface area contributed by atoms with Gasteiger partial charge < -0.3 is 10.4 Å². The van der Waals surface area contributed by atoms with Crippen LogP contribution in [0.5, 0.6) is 0 Å². The predicted octanol–water partition coefficient (Wildman–Crippen LogP) is 5.52. The summed E-state index contributed by atoms with van der Waals surface area (Å²) < 4.78 is 0. The van der Waals surface area contributed by atoms with E-state index in [1.54, 1.807) is 12.1 Å². The van der Waals surface area contributed by atoms with Crippen LogP contribution in [-0.4, -0.2) is 16.1 Å². The van der Waals surface area contributed by atoms with Crippen LogP contribution < -0.4 is 5.32 Å². The first-order valence-electron chi connectivity index (χ1n) is 9.14. The number of aromatic carboxylic acids is 1. The molecule has 0 saturated carbocycles. The standard InChI is InChI=1S/C24H20N2O2/c1-16-14-23(21-8-4-5-9-22(21)26-16)25-15-17-10-12-18(13-11-17)19-6-2-3-7-20(19)24(27)28/h2-14H,15H2,1H3,(H,25,26)(H,27,28). The van der Waals surface area contributed by atoms with Crippen molar-refractivity contribution in [2.75, 3.05) is 5.32 Å². The molecule has 0 radical (unpaired) electrons. The van der Waals surface area contributed by atoms with Gasteiger partial charge >= 0.3 is 5.97 Å². The van der Waals surface area contributed by atoms with Crippen molar-refractivity contribution in [3.8, 4) is 11.1 Å². The first-order chi connectivity index (χ1) is 13.6. The van der Waals surface area contributed by atoms with E-state index in [2.05, 4.69) is 22.4 Å². The zero-order valence-electron chi connectivity index (χ0n) is 15.5. The third kappa shape index (κ3) is 3.58. The Kier molecular flexibility index (Phi) is 4.77. The summed E-state index contributed by atoms with van der Waals surface area (Å²) in [5.74, 6) is -0.915. The first-order valence-corrected chi connectivity index (χ1v) is 9.14. The maximum Gasteiger partial charge on any atom is 0.336 e. The van der Waals surface area contributed by atoms with E-state index in [1.165, 1.54) is 0 Å². The van der Waals surface area contributed by atoms with Crippen molar-refractivity contribution in [2.45, 2.75) is 13.5 Å². The summed E-state index contributed by atoms with van der Waals surface area (Å²) >= 11 is 0. The Morgan fingerprint density at radius 2 is 1.68 bits per heavy atom. The van der Waals surface area contributed by atoms with Crippen LogP contribution in [-0.2, 0) is 6.54 Å². The number of benzene rings is 3. The molecule has 4 heteroatoms. The lowest BCUT2D eigenvalue weighted by molar-refractivity contribution is 0.0697. The van der Waals surface area contributed by atoms with Crippen molar-refractivity contribution >= 4 is 22.6 Å². The molecule has 4 nitrogen and oxygen atoms in total. The molecule has 0 aliphatic rings. The Bertz CT molecular complexity index is 1150. The van der Waals surface area contributed by atoms with E-state index < -0.39 is 5.97 Å². The molecule has 0 unspecified atom stereocenters. The minimum Gasteiger partial charge on any atom is -0.478 e. The second-order valence-electron chi connectivity index (χ2n) is 6.73. The lowest BCUT2D eigenvalue weighted by Gasteiger charge is -2.12. The van der Waals surface area contributed by atoms with E-state index in [-0.39, 0.29) is 0 Å². The fourth-order valence-corrected chi connectivity index (χ4v) is 3.37. The maximum atomic E-state index is 11.4. The monoisotopic (exact) mass is 368 g/mol. The molecular weight excluding hydrogens is 348 g/mol. The number of carboxylic acids is 1. The lowest BCUT2D eigenvalue weighted by Crippen LogP contribution is -2.02. The third-order valence-electron chi connectivity index (χ3n) is 4.75. The highest BCUT2D eigenvalue weighted by atomic mass is 16.4. The normalized spacial score (nSPS) is 10.8. The van der Waals surface area contributed by atoms with Crippen LogP contribution >= 0.6 is 0 Å². The highest BCUT2D eigenvalue weighted by Crippen LogP contribution is 2.26. The smallest absolute Gasteiger partial charge is 0.336 e. The molecule has 4 aromatic rings. The van der Waals surface area contributed by atoms with Gasteiger partial charge in [0.25, 0.3) is 0 Å². The van der Waals surface area contributed by atoms with E-state index >= 15 is 0 Å². The number of hydrogen-bond donors (Lipinski definition) is 2. The molecule has 0 atom stereocenters. The maximum absolute atomic E-state index is 11.4. The molecule has 2 N–H and O–H groups in total. The number of aryl methyl sites for hydroxylation is 1. The number of anilines is 1. The molecule has 0 aliphatic heterocycles. The number of fused-ring (bicyclic) bond motifs is 1. The molecule has 28 heavy (non-hydrogen) atoms. The number of pyridine rings is 1. The van der Waals surface area contributed by atoms with E-state index in [9.17, 15) is 9.90 Å². The van der Waals surface area contributed by atoms with Gasteiger partial charge in [-0.05, 0) is 41.8 Å². The average Bonchev–Trinajstić information content (AvgIpc) is 2.72. The largest absolute Gasteiger partial charge is 0.478 e. The van der Waals surface area contributed by atoms with Gasteiger partial charge in [0.05, 0.1) is 11.1 Å². The molecule has 0 fully saturated rings. The quantitative estimate of drug-likeness (QED) is 0.487. The number of rotatable bonds is 5. The first kappa shape index (κ1) is 17.7. The third-order valence-corrected chi connectivity index (χ3v) is 4.75. The topological polar surface area (TPSA) is 62.2 Å². The van der Waals surface area contributed by atoms with Gasteiger partial charge in [-0.1, -0.05) is 60.7 Å². The highest BCUT2D eigenvalue weighted by molar-refractivity contribution is 5.96. The molecule has 0 saturated heterocycles. The number of para-hydroxylation sites is 1. The van der Waals surface area contributed by atoms with Gasteiger partial charge in [-0.15, -0.1) is 0 Å². The fraction of sp³-hybridized carbons (Fsp3) is 0.0833. The van der Waals surface area contributed by atoms with E-state index in [1.807, 2.05) is 61.5 Å². The minimum absolute atomic E-state index is 0.312. The Labute approximate surface area is 163 Å². The number of nitrogens with one attached hydrogen (secondary N) is 1. The Morgan fingerprint density at radius 3 is 2.46 bits per heavy atom. The van der Waals surface area contributed by atoms with Crippen LogP contribution in [0.2, 0.25) is 0 Å². The summed E-state index contributed by atoms with van der Waals surface area (Å²) in [4.78, 5) is 16.0. The molecule has 3 aromatic carbocycles. The number of carbonyl (C=O) groups is 1. The molecule has 0 bridgehead atoms. The molecule has 0 aliphatic carbocycles. The Balaban J connectivity index is 1.56. The van der Waals surface area contributed by atoms with Gasteiger partial charge in [0.15, 0.2) is 0 Å². The van der Waals surface area contributed by atoms with E-state index in [0.717, 1.165) is 39.0 Å². The Hall–Kier alpha value is -3.66. The fourth-order valence-electron chi connectivity index (χ4n) is 3.37. The molecular formula is C24H20N2O2. The van der Waals surface area contributed by atoms with E-state index in [0.29, 0.717) is 12.1 Å². The zero-order valence-corrected chi connectivity index (χ0v) is 15.5. The van der Waals surface area contributed by atoms with Crippen molar-refractivity contribution < 1.29 is 9.90 Å². The molecule has 0 amide bonds. The summed E-state index contributed by atoms with van der Waals surface area (Å²) in [6.45, 7) is 2.67. The van der Waals surface area contributed by atoms with Crippen LogP contribution in [0.25, 0.3) is 22.0 Å². The number of hydrogen-bond acceptors (Lipinski definition) is 3. The SMILES string of the molecule is Cc1cc(NCc2ccc(-c3ccccc3C(=O)O)cc2)c2ccccc2n1. The summed E-state index contributed by atoms with van der Waals surface area (Å²) in [6.07, 6.45) is 0. The summed E-state index contributed by atoms with van der Waals surface area (Å²) in [5.41, 5.74) is 6.07. The number of carboxylic acid groups (broad SMARTS) is 1. The van der Waals surface area contributed by atoms with Crippen molar-refractivity contribution in [1.82, 2.24) is 4.98 Å². The van der Waals surface area contributed by atoms with Crippen LogP contribution in [0.1, 0.15) is 21.6 Å². The number of nitrogens with zero attached hydrogens (tertiary/aromatic N) is 1. The van der Waals surface area contributed by atoms with E-state index in [4.69, 9.17) is 0 Å². The predicted molar refractivity (Wildman–Crippen MR) is 113 cm³/mol. The van der Waals surface area contributed by atoms with Gasteiger partial charge in [-0.2, -0.15) is 0 Å².